The Morgan fingerprint density at radius 2 is 2.17 bits per heavy atom. The molecule has 96 valence electrons. The molecule has 0 fully saturated rings. The Morgan fingerprint density at radius 3 is 2.89 bits per heavy atom. The third-order valence-corrected chi connectivity index (χ3v) is 2.84. The highest BCUT2D eigenvalue weighted by atomic mass is 16.6. The van der Waals surface area contributed by atoms with Crippen LogP contribution in [0.4, 0.5) is 5.69 Å². The number of Topliss-reactive ketones (excluding diaryl/α,β-unsaturated/α-hetero) is 1. The van der Waals surface area contributed by atoms with Crippen molar-refractivity contribution in [2.75, 3.05) is 18.9 Å². The minimum Gasteiger partial charge on any atom is -0.480 e. The maximum Gasteiger partial charge on any atom is 0.344 e. The second-order valence-corrected chi connectivity index (χ2v) is 4.03. The Hall–Kier alpha value is -2.04. The van der Waals surface area contributed by atoms with Crippen molar-refractivity contribution in [1.29, 1.82) is 0 Å². The van der Waals surface area contributed by atoms with Crippen molar-refractivity contribution >= 4 is 17.4 Å². The van der Waals surface area contributed by atoms with Gasteiger partial charge in [0.25, 0.3) is 0 Å². The Bertz CT molecular complexity index is 496. The van der Waals surface area contributed by atoms with Gasteiger partial charge in [0.2, 0.25) is 0 Å². The first-order valence-corrected chi connectivity index (χ1v) is 5.86. The number of ether oxygens (including phenoxy) is 2. The Kier molecular flexibility index (Phi) is 3.50. The molecule has 0 heterocycles. The molecule has 0 spiro atoms. The number of carbonyl (C=O) groups excluding carboxylic acids is 2. The number of ketones is 1. The fraction of sp³-hybridized carbons (Fsp3) is 0.385. The van der Waals surface area contributed by atoms with E-state index < -0.39 is 5.97 Å². The molecule has 1 aromatic carbocycles. The van der Waals surface area contributed by atoms with Crippen LogP contribution in [0.2, 0.25) is 0 Å². The number of nitrogen functional groups attached to an aromatic ring is 1. The maximum atomic E-state index is 11.7. The van der Waals surface area contributed by atoms with Gasteiger partial charge in [0.05, 0.1) is 12.3 Å². The van der Waals surface area contributed by atoms with Gasteiger partial charge < -0.3 is 15.2 Å². The maximum absolute atomic E-state index is 11.7. The summed E-state index contributed by atoms with van der Waals surface area (Å²) < 4.78 is 10.0. The number of anilines is 1. The molecule has 1 aliphatic carbocycles. The molecule has 0 saturated heterocycles. The van der Waals surface area contributed by atoms with Gasteiger partial charge in [-0.15, -0.1) is 0 Å². The molecule has 0 bridgehead atoms. The molecule has 0 aromatic heterocycles. The molecule has 0 unspecified atom stereocenters. The predicted molar refractivity (Wildman–Crippen MR) is 65.6 cm³/mol. The van der Waals surface area contributed by atoms with E-state index in [4.69, 9.17) is 15.2 Å². The molecular weight excluding hydrogens is 234 g/mol. The summed E-state index contributed by atoms with van der Waals surface area (Å²) in [4.78, 5) is 22.8. The van der Waals surface area contributed by atoms with Gasteiger partial charge in [0, 0.05) is 12.0 Å². The Morgan fingerprint density at radius 1 is 1.39 bits per heavy atom. The summed E-state index contributed by atoms with van der Waals surface area (Å²) in [5, 5.41) is 0. The molecule has 2 rings (SSSR count). The average molecular weight is 249 g/mol. The van der Waals surface area contributed by atoms with Crippen LogP contribution in [0.15, 0.2) is 12.1 Å². The highest BCUT2D eigenvalue weighted by Crippen LogP contribution is 2.33. The molecule has 0 amide bonds. The van der Waals surface area contributed by atoms with E-state index >= 15 is 0 Å². The summed E-state index contributed by atoms with van der Waals surface area (Å²) >= 11 is 0. The summed E-state index contributed by atoms with van der Waals surface area (Å²) in [7, 11) is 0. The number of carbonyl (C=O) groups is 2. The zero-order valence-electron chi connectivity index (χ0n) is 10.2. The number of fused-ring (bicyclic) bond motifs is 1. The third-order valence-electron chi connectivity index (χ3n) is 2.84. The quantitative estimate of drug-likeness (QED) is 0.643. The topological polar surface area (TPSA) is 78.6 Å². The first-order chi connectivity index (χ1) is 8.63. The minimum absolute atomic E-state index is 0.0316. The van der Waals surface area contributed by atoms with Crippen molar-refractivity contribution in [3.8, 4) is 5.75 Å². The monoisotopic (exact) mass is 249 g/mol. The van der Waals surface area contributed by atoms with Crippen molar-refractivity contribution < 1.29 is 19.1 Å². The summed E-state index contributed by atoms with van der Waals surface area (Å²) in [6, 6.07) is 3.50. The normalized spacial score (nSPS) is 13.3. The number of hydrogen-bond donors (Lipinski definition) is 1. The number of hydrogen-bond acceptors (Lipinski definition) is 5. The van der Waals surface area contributed by atoms with Crippen LogP contribution in [0.1, 0.15) is 29.3 Å². The van der Waals surface area contributed by atoms with Crippen LogP contribution in [-0.2, 0) is 16.0 Å². The van der Waals surface area contributed by atoms with Gasteiger partial charge in [-0.25, -0.2) is 4.79 Å². The zero-order chi connectivity index (χ0) is 13.1. The highest BCUT2D eigenvalue weighted by molar-refractivity contribution is 6.05. The zero-order valence-corrected chi connectivity index (χ0v) is 10.2. The molecule has 0 radical (unpaired) electrons. The van der Waals surface area contributed by atoms with Gasteiger partial charge >= 0.3 is 5.97 Å². The van der Waals surface area contributed by atoms with E-state index in [0.717, 1.165) is 12.0 Å². The Balaban J connectivity index is 2.13. The Labute approximate surface area is 105 Å². The molecule has 0 saturated carbocycles. The lowest BCUT2D eigenvalue weighted by Crippen LogP contribution is -2.15. The largest absolute Gasteiger partial charge is 0.480 e. The van der Waals surface area contributed by atoms with Crippen molar-refractivity contribution in [3.05, 3.63) is 23.3 Å². The average Bonchev–Trinajstić information content (AvgIpc) is 2.71. The predicted octanol–water partition coefficient (Wildman–Crippen LogP) is 1.34. The van der Waals surface area contributed by atoms with E-state index in [1.807, 2.05) is 6.07 Å². The summed E-state index contributed by atoms with van der Waals surface area (Å²) in [5.74, 6) is -0.0649. The minimum atomic E-state index is -0.455. The van der Waals surface area contributed by atoms with Gasteiger partial charge in [-0.05, 0) is 25.0 Å². The number of benzene rings is 1. The summed E-state index contributed by atoms with van der Waals surface area (Å²) in [6.45, 7) is 1.83. The van der Waals surface area contributed by atoms with Gasteiger partial charge in [-0.2, -0.15) is 0 Å². The number of aryl methyl sites for hydroxylation is 1. The van der Waals surface area contributed by atoms with Gasteiger partial charge in [0.1, 0.15) is 5.75 Å². The lowest BCUT2D eigenvalue weighted by atomic mass is 10.1. The van der Waals surface area contributed by atoms with Gasteiger partial charge in [-0.3, -0.25) is 4.79 Å². The SMILES string of the molecule is CCOC(=O)COc1ccc2c(c1N)C(=O)CC2. The second kappa shape index (κ2) is 5.08. The van der Waals surface area contributed by atoms with E-state index in [0.29, 0.717) is 30.0 Å². The van der Waals surface area contributed by atoms with Crippen LogP contribution in [0.3, 0.4) is 0 Å². The number of esters is 1. The molecule has 1 aliphatic rings. The second-order valence-electron chi connectivity index (χ2n) is 4.03. The van der Waals surface area contributed by atoms with E-state index in [9.17, 15) is 9.59 Å². The van der Waals surface area contributed by atoms with Crippen LogP contribution in [0, 0.1) is 0 Å². The molecule has 18 heavy (non-hydrogen) atoms. The lowest BCUT2D eigenvalue weighted by molar-refractivity contribution is -0.145. The van der Waals surface area contributed by atoms with Crippen LogP contribution < -0.4 is 10.5 Å². The van der Waals surface area contributed by atoms with Crippen LogP contribution in [0.5, 0.6) is 5.75 Å². The van der Waals surface area contributed by atoms with Crippen LogP contribution in [-0.4, -0.2) is 25.0 Å². The van der Waals surface area contributed by atoms with Crippen molar-refractivity contribution in [1.82, 2.24) is 0 Å². The highest BCUT2D eigenvalue weighted by Gasteiger charge is 2.24. The van der Waals surface area contributed by atoms with Gasteiger partial charge in [0.15, 0.2) is 12.4 Å². The third kappa shape index (κ3) is 2.30. The molecule has 5 heteroatoms. The standard InChI is InChI=1S/C13H15NO4/c1-2-17-11(16)7-18-10-6-4-8-3-5-9(15)12(8)13(10)14/h4,6H,2-3,5,7,14H2,1H3. The fourth-order valence-corrected chi connectivity index (χ4v) is 2.02. The smallest absolute Gasteiger partial charge is 0.344 e. The first-order valence-electron chi connectivity index (χ1n) is 5.86. The molecule has 1 aromatic rings. The molecule has 0 aliphatic heterocycles. The lowest BCUT2D eigenvalue weighted by Gasteiger charge is -2.11. The molecular formula is C13H15NO4. The number of rotatable bonds is 4. The molecule has 0 atom stereocenters. The fourth-order valence-electron chi connectivity index (χ4n) is 2.02. The van der Waals surface area contributed by atoms with Gasteiger partial charge in [-0.1, -0.05) is 6.07 Å². The van der Waals surface area contributed by atoms with Crippen molar-refractivity contribution in [2.45, 2.75) is 19.8 Å². The molecule has 5 nitrogen and oxygen atoms in total. The van der Waals surface area contributed by atoms with E-state index in [1.165, 1.54) is 0 Å². The van der Waals surface area contributed by atoms with Crippen molar-refractivity contribution in [3.63, 3.8) is 0 Å². The molecule has 2 N–H and O–H groups in total. The summed E-state index contributed by atoms with van der Waals surface area (Å²) in [6.07, 6.45) is 1.21. The van der Waals surface area contributed by atoms with Crippen LogP contribution >= 0.6 is 0 Å². The van der Waals surface area contributed by atoms with Crippen molar-refractivity contribution in [2.24, 2.45) is 0 Å². The first kappa shape index (κ1) is 12.4. The van der Waals surface area contributed by atoms with E-state index in [-0.39, 0.29) is 12.4 Å². The van der Waals surface area contributed by atoms with E-state index in [2.05, 4.69) is 0 Å². The van der Waals surface area contributed by atoms with E-state index in [1.54, 1.807) is 13.0 Å². The van der Waals surface area contributed by atoms with Crippen LogP contribution in [0.25, 0.3) is 0 Å². The number of nitrogens with two attached hydrogens (primary N) is 1. The summed E-state index contributed by atoms with van der Waals surface area (Å²) in [5.41, 5.74) is 7.69.